The zero-order valence-electron chi connectivity index (χ0n) is 12.2. The van der Waals surface area contributed by atoms with Crippen molar-refractivity contribution in [3.05, 3.63) is 42.2 Å². The molecule has 4 rings (SSSR count). The Kier molecular flexibility index (Phi) is 3.16. The summed E-state index contributed by atoms with van der Waals surface area (Å²) >= 11 is 0. The average Bonchev–Trinajstić information content (AvgIpc) is 2.93. The summed E-state index contributed by atoms with van der Waals surface area (Å²) in [6.45, 7) is 1.57. The lowest BCUT2D eigenvalue weighted by Crippen LogP contribution is -2.15. The molecular weight excluding hydrogens is 282 g/mol. The highest BCUT2D eigenvalue weighted by atomic mass is 16.6. The SMILES string of the molecule is COCc1nc2cccnn2c1-c1ccc2c(c1)OCCO2. The summed E-state index contributed by atoms with van der Waals surface area (Å²) in [7, 11) is 1.66. The highest BCUT2D eigenvalue weighted by Crippen LogP contribution is 2.35. The second kappa shape index (κ2) is 5.31. The van der Waals surface area contributed by atoms with Gasteiger partial charge in [0.05, 0.1) is 18.0 Å². The Hall–Kier alpha value is -2.60. The molecule has 0 aliphatic carbocycles. The molecule has 0 saturated heterocycles. The molecule has 0 fully saturated rings. The van der Waals surface area contributed by atoms with Crippen molar-refractivity contribution in [1.29, 1.82) is 0 Å². The minimum Gasteiger partial charge on any atom is -0.486 e. The van der Waals surface area contributed by atoms with Gasteiger partial charge in [0.15, 0.2) is 17.1 Å². The van der Waals surface area contributed by atoms with Gasteiger partial charge in [-0.15, -0.1) is 0 Å². The molecule has 3 aromatic rings. The van der Waals surface area contributed by atoms with E-state index in [4.69, 9.17) is 14.2 Å². The van der Waals surface area contributed by atoms with Crippen LogP contribution >= 0.6 is 0 Å². The first-order chi connectivity index (χ1) is 10.9. The largest absolute Gasteiger partial charge is 0.486 e. The van der Waals surface area contributed by atoms with Crippen molar-refractivity contribution in [2.24, 2.45) is 0 Å². The molecule has 0 atom stereocenters. The lowest BCUT2D eigenvalue weighted by Gasteiger charge is -2.19. The lowest BCUT2D eigenvalue weighted by atomic mass is 10.1. The van der Waals surface area contributed by atoms with E-state index >= 15 is 0 Å². The predicted molar refractivity (Wildman–Crippen MR) is 80.1 cm³/mol. The van der Waals surface area contributed by atoms with E-state index in [0.717, 1.165) is 34.1 Å². The molecule has 0 radical (unpaired) electrons. The second-order valence-electron chi connectivity index (χ2n) is 4.99. The summed E-state index contributed by atoms with van der Waals surface area (Å²) in [6, 6.07) is 9.67. The number of nitrogens with zero attached hydrogens (tertiary/aromatic N) is 3. The van der Waals surface area contributed by atoms with Gasteiger partial charge >= 0.3 is 0 Å². The quantitative estimate of drug-likeness (QED) is 0.742. The minimum absolute atomic E-state index is 0.424. The third-order valence-electron chi connectivity index (χ3n) is 3.56. The summed E-state index contributed by atoms with van der Waals surface area (Å²) in [4.78, 5) is 4.59. The predicted octanol–water partition coefficient (Wildman–Crippen LogP) is 2.31. The summed E-state index contributed by atoms with van der Waals surface area (Å²) in [5.74, 6) is 1.52. The maximum absolute atomic E-state index is 5.67. The van der Waals surface area contributed by atoms with Crippen molar-refractivity contribution < 1.29 is 14.2 Å². The zero-order chi connectivity index (χ0) is 14.9. The van der Waals surface area contributed by atoms with Crippen molar-refractivity contribution in [1.82, 2.24) is 14.6 Å². The Labute approximate surface area is 127 Å². The van der Waals surface area contributed by atoms with Crippen LogP contribution in [0.15, 0.2) is 36.5 Å². The van der Waals surface area contributed by atoms with E-state index in [1.54, 1.807) is 13.3 Å². The normalized spacial score (nSPS) is 13.5. The molecule has 1 aromatic carbocycles. The van der Waals surface area contributed by atoms with Gasteiger partial charge in [-0.25, -0.2) is 9.50 Å². The number of imidazole rings is 1. The van der Waals surface area contributed by atoms with Gasteiger partial charge in [0.1, 0.15) is 13.2 Å². The summed E-state index contributed by atoms with van der Waals surface area (Å²) < 4.78 is 18.3. The molecule has 0 saturated carbocycles. The van der Waals surface area contributed by atoms with Gasteiger partial charge in [-0.2, -0.15) is 5.10 Å². The second-order valence-corrected chi connectivity index (χ2v) is 4.99. The van der Waals surface area contributed by atoms with Gasteiger partial charge in [0.2, 0.25) is 0 Å². The van der Waals surface area contributed by atoms with Crippen molar-refractivity contribution in [2.45, 2.75) is 6.61 Å². The van der Waals surface area contributed by atoms with Crippen LogP contribution in [0.4, 0.5) is 0 Å². The smallest absolute Gasteiger partial charge is 0.162 e. The van der Waals surface area contributed by atoms with Crippen LogP contribution in [0, 0.1) is 0 Å². The lowest BCUT2D eigenvalue weighted by molar-refractivity contribution is 0.171. The van der Waals surface area contributed by atoms with Gasteiger partial charge in [-0.3, -0.25) is 0 Å². The summed E-state index contributed by atoms with van der Waals surface area (Å²) in [5.41, 5.74) is 3.52. The first-order valence-corrected chi connectivity index (χ1v) is 7.08. The number of methoxy groups -OCH3 is 1. The van der Waals surface area contributed by atoms with E-state index in [1.807, 2.05) is 34.8 Å². The van der Waals surface area contributed by atoms with Crippen LogP contribution in [0.3, 0.4) is 0 Å². The van der Waals surface area contributed by atoms with Crippen molar-refractivity contribution in [3.8, 4) is 22.8 Å². The standard InChI is InChI=1S/C16H15N3O3/c1-20-10-12-16(19-15(18-12)3-2-6-17-19)11-4-5-13-14(9-11)22-8-7-21-13/h2-6,9H,7-8,10H2,1H3. The number of aromatic nitrogens is 3. The van der Waals surface area contributed by atoms with E-state index < -0.39 is 0 Å². The number of benzene rings is 1. The summed E-state index contributed by atoms with van der Waals surface area (Å²) in [6.07, 6.45) is 1.74. The molecule has 112 valence electrons. The van der Waals surface area contributed by atoms with Crippen LogP contribution in [-0.2, 0) is 11.3 Å². The van der Waals surface area contributed by atoms with Crippen molar-refractivity contribution in [3.63, 3.8) is 0 Å². The van der Waals surface area contributed by atoms with E-state index in [9.17, 15) is 0 Å². The molecule has 1 aliphatic heterocycles. The number of fused-ring (bicyclic) bond motifs is 2. The Balaban J connectivity index is 1.90. The molecule has 0 unspecified atom stereocenters. The maximum Gasteiger partial charge on any atom is 0.162 e. The first-order valence-electron chi connectivity index (χ1n) is 7.08. The number of hydrogen-bond acceptors (Lipinski definition) is 5. The van der Waals surface area contributed by atoms with Crippen LogP contribution in [-0.4, -0.2) is 34.9 Å². The Bertz CT molecular complexity index is 829. The van der Waals surface area contributed by atoms with Gasteiger partial charge in [-0.05, 0) is 30.3 Å². The fourth-order valence-electron chi connectivity index (χ4n) is 2.65. The van der Waals surface area contributed by atoms with Crippen LogP contribution < -0.4 is 9.47 Å². The molecule has 6 heteroatoms. The molecule has 0 bridgehead atoms. The van der Waals surface area contributed by atoms with E-state index in [2.05, 4.69) is 10.1 Å². The number of rotatable bonds is 3. The third kappa shape index (κ3) is 2.08. The number of hydrogen-bond donors (Lipinski definition) is 0. The minimum atomic E-state index is 0.424. The molecule has 2 aromatic heterocycles. The van der Waals surface area contributed by atoms with Crippen molar-refractivity contribution >= 4 is 5.65 Å². The molecule has 0 spiro atoms. The number of ether oxygens (including phenoxy) is 3. The monoisotopic (exact) mass is 297 g/mol. The van der Waals surface area contributed by atoms with Crippen LogP contribution in [0.5, 0.6) is 11.5 Å². The summed E-state index contributed by atoms with van der Waals surface area (Å²) in [5, 5.41) is 4.40. The van der Waals surface area contributed by atoms with Gasteiger partial charge in [0.25, 0.3) is 0 Å². The average molecular weight is 297 g/mol. The molecular formula is C16H15N3O3. The molecule has 6 nitrogen and oxygen atoms in total. The highest BCUT2D eigenvalue weighted by molar-refractivity contribution is 5.69. The molecule has 1 aliphatic rings. The van der Waals surface area contributed by atoms with Crippen LogP contribution in [0.25, 0.3) is 16.9 Å². The highest BCUT2D eigenvalue weighted by Gasteiger charge is 2.18. The van der Waals surface area contributed by atoms with Gasteiger partial charge < -0.3 is 14.2 Å². The Morgan fingerprint density at radius 2 is 2.05 bits per heavy atom. The van der Waals surface area contributed by atoms with E-state index in [1.165, 1.54) is 0 Å². The Morgan fingerprint density at radius 3 is 2.91 bits per heavy atom. The topological polar surface area (TPSA) is 57.9 Å². The fraction of sp³-hybridized carbons (Fsp3) is 0.250. The van der Waals surface area contributed by atoms with Gasteiger partial charge in [-0.1, -0.05) is 0 Å². The van der Waals surface area contributed by atoms with Gasteiger partial charge in [0, 0.05) is 18.9 Å². The van der Waals surface area contributed by atoms with Crippen LogP contribution in [0.2, 0.25) is 0 Å². The maximum atomic E-state index is 5.67. The zero-order valence-corrected chi connectivity index (χ0v) is 12.2. The van der Waals surface area contributed by atoms with E-state index in [0.29, 0.717) is 19.8 Å². The van der Waals surface area contributed by atoms with Crippen molar-refractivity contribution in [2.75, 3.05) is 20.3 Å². The Morgan fingerprint density at radius 1 is 1.18 bits per heavy atom. The third-order valence-corrected chi connectivity index (χ3v) is 3.56. The van der Waals surface area contributed by atoms with Crippen LogP contribution in [0.1, 0.15) is 5.69 Å². The molecule has 22 heavy (non-hydrogen) atoms. The molecule has 0 amide bonds. The first kappa shape index (κ1) is 13.1. The fourth-order valence-corrected chi connectivity index (χ4v) is 2.65. The van der Waals surface area contributed by atoms with E-state index in [-0.39, 0.29) is 0 Å². The molecule has 0 N–H and O–H groups in total. The molecule has 3 heterocycles.